The minimum Gasteiger partial charge on any atom is -0.481 e. The number of hydrogen-bond acceptors (Lipinski definition) is 3. The number of carbonyl (C=O) groups is 2. The van der Waals surface area contributed by atoms with E-state index in [2.05, 4.69) is 5.32 Å². The van der Waals surface area contributed by atoms with Crippen molar-refractivity contribution in [3.05, 3.63) is 0 Å². The molecule has 0 bridgehead atoms. The Morgan fingerprint density at radius 2 is 1.95 bits per heavy atom. The molecule has 2 atom stereocenters. The molecular formula is C13H21F3N2O4. The van der Waals surface area contributed by atoms with Gasteiger partial charge in [0.15, 0.2) is 0 Å². The summed E-state index contributed by atoms with van der Waals surface area (Å²) in [7, 11) is 1.59. The first-order valence-corrected chi connectivity index (χ1v) is 7.08. The summed E-state index contributed by atoms with van der Waals surface area (Å²) in [5.41, 5.74) is 0. The van der Waals surface area contributed by atoms with E-state index in [0.717, 1.165) is 17.7 Å². The first-order chi connectivity index (χ1) is 10.3. The van der Waals surface area contributed by atoms with Gasteiger partial charge in [0.1, 0.15) is 0 Å². The van der Waals surface area contributed by atoms with Crippen LogP contribution in [0.15, 0.2) is 0 Å². The molecule has 1 heterocycles. The lowest BCUT2D eigenvalue weighted by Gasteiger charge is -2.18. The standard InChI is InChI=1S/C13H21F3N2O4/c1-22-6-4-2-3-5-17-12(21)18-7-9(11(19)20)10(8-18)13(14,15)16/h9-10H,2-8H2,1H3,(H,17,21)(H,19,20)/t9-,10-/m1/s1. The van der Waals surface area contributed by atoms with E-state index in [4.69, 9.17) is 9.84 Å². The van der Waals surface area contributed by atoms with Crippen LogP contribution in [0.3, 0.4) is 0 Å². The van der Waals surface area contributed by atoms with Crippen LogP contribution in [-0.2, 0) is 9.53 Å². The maximum Gasteiger partial charge on any atom is 0.394 e. The van der Waals surface area contributed by atoms with Gasteiger partial charge in [-0.1, -0.05) is 0 Å². The molecule has 1 saturated heterocycles. The number of nitrogens with one attached hydrogen (secondary N) is 1. The van der Waals surface area contributed by atoms with Crippen LogP contribution in [0, 0.1) is 11.8 Å². The number of hydrogen-bond donors (Lipinski definition) is 2. The molecule has 9 heteroatoms. The Morgan fingerprint density at radius 1 is 1.27 bits per heavy atom. The Kier molecular flexibility index (Phi) is 6.92. The van der Waals surface area contributed by atoms with Gasteiger partial charge < -0.3 is 20.1 Å². The number of aliphatic carboxylic acids is 1. The quantitative estimate of drug-likeness (QED) is 0.698. The highest BCUT2D eigenvalue weighted by molar-refractivity contribution is 5.77. The second-order valence-electron chi connectivity index (χ2n) is 5.28. The fourth-order valence-corrected chi connectivity index (χ4v) is 2.41. The fourth-order valence-electron chi connectivity index (χ4n) is 2.41. The number of halogens is 3. The summed E-state index contributed by atoms with van der Waals surface area (Å²) < 4.78 is 43.3. The lowest BCUT2D eigenvalue weighted by Crippen LogP contribution is -2.40. The van der Waals surface area contributed by atoms with Gasteiger partial charge >= 0.3 is 18.2 Å². The van der Waals surface area contributed by atoms with Crippen molar-refractivity contribution in [2.24, 2.45) is 11.8 Å². The maximum atomic E-state index is 12.8. The van der Waals surface area contributed by atoms with Gasteiger partial charge in [-0.25, -0.2) is 4.79 Å². The average molecular weight is 326 g/mol. The molecule has 1 fully saturated rings. The van der Waals surface area contributed by atoms with Crippen molar-refractivity contribution >= 4 is 12.0 Å². The second-order valence-corrected chi connectivity index (χ2v) is 5.28. The number of amides is 2. The van der Waals surface area contributed by atoms with E-state index in [1.807, 2.05) is 0 Å². The zero-order valence-corrected chi connectivity index (χ0v) is 12.4. The number of carboxylic acid groups (broad SMARTS) is 1. The number of rotatable bonds is 7. The van der Waals surface area contributed by atoms with E-state index >= 15 is 0 Å². The highest BCUT2D eigenvalue weighted by Crippen LogP contribution is 2.37. The first-order valence-electron chi connectivity index (χ1n) is 7.08. The summed E-state index contributed by atoms with van der Waals surface area (Å²) in [5.74, 6) is -5.15. The second kappa shape index (κ2) is 8.21. The lowest BCUT2D eigenvalue weighted by molar-refractivity contribution is -0.187. The molecule has 0 saturated carbocycles. The Labute approximate surface area is 126 Å². The Bertz CT molecular complexity index is 390. The van der Waals surface area contributed by atoms with E-state index < -0.39 is 43.1 Å². The van der Waals surface area contributed by atoms with Crippen LogP contribution in [0.2, 0.25) is 0 Å². The SMILES string of the molecule is COCCCCCNC(=O)N1C[C@@H](C(F)(F)F)[C@H](C(=O)O)C1. The molecule has 2 amide bonds. The summed E-state index contributed by atoms with van der Waals surface area (Å²) >= 11 is 0. The normalized spacial score (nSPS) is 21.9. The molecule has 2 N–H and O–H groups in total. The fraction of sp³-hybridized carbons (Fsp3) is 0.846. The van der Waals surface area contributed by atoms with Gasteiger partial charge in [0.25, 0.3) is 0 Å². The van der Waals surface area contributed by atoms with E-state index in [-0.39, 0.29) is 0 Å². The number of methoxy groups -OCH3 is 1. The van der Waals surface area contributed by atoms with Gasteiger partial charge in [0, 0.05) is 33.4 Å². The predicted molar refractivity (Wildman–Crippen MR) is 71.4 cm³/mol. The van der Waals surface area contributed by atoms with Crippen LogP contribution in [0.1, 0.15) is 19.3 Å². The smallest absolute Gasteiger partial charge is 0.394 e. The third-order valence-corrected chi connectivity index (χ3v) is 3.65. The largest absolute Gasteiger partial charge is 0.481 e. The van der Waals surface area contributed by atoms with Gasteiger partial charge in [-0.15, -0.1) is 0 Å². The highest BCUT2D eigenvalue weighted by atomic mass is 19.4. The molecule has 22 heavy (non-hydrogen) atoms. The minimum absolute atomic E-state index is 0.341. The summed E-state index contributed by atoms with van der Waals surface area (Å²) in [6.07, 6.45) is -2.27. The molecule has 128 valence electrons. The van der Waals surface area contributed by atoms with Crippen LogP contribution in [0.4, 0.5) is 18.0 Å². The molecule has 0 aliphatic carbocycles. The van der Waals surface area contributed by atoms with E-state index in [1.165, 1.54) is 0 Å². The number of unbranched alkanes of at least 4 members (excludes halogenated alkanes) is 2. The molecule has 1 aliphatic rings. The first kappa shape index (κ1) is 18.5. The molecule has 0 aromatic rings. The lowest BCUT2D eigenvalue weighted by atomic mass is 9.96. The van der Waals surface area contributed by atoms with Crippen LogP contribution in [0.25, 0.3) is 0 Å². The summed E-state index contributed by atoms with van der Waals surface area (Å²) in [6.45, 7) is -0.0773. The van der Waals surface area contributed by atoms with E-state index in [9.17, 15) is 22.8 Å². The number of alkyl halides is 3. The Balaban J connectivity index is 2.42. The number of ether oxygens (including phenoxy) is 1. The molecule has 6 nitrogen and oxygen atoms in total. The summed E-state index contributed by atoms with van der Waals surface area (Å²) in [4.78, 5) is 23.6. The van der Waals surface area contributed by atoms with Crippen molar-refractivity contribution in [1.29, 1.82) is 0 Å². The molecule has 0 radical (unpaired) electrons. The van der Waals surface area contributed by atoms with Crippen molar-refractivity contribution in [3.8, 4) is 0 Å². The Morgan fingerprint density at radius 3 is 2.45 bits per heavy atom. The predicted octanol–water partition coefficient (Wildman–Crippen LogP) is 1.71. The van der Waals surface area contributed by atoms with Crippen molar-refractivity contribution in [1.82, 2.24) is 10.2 Å². The summed E-state index contributed by atoms with van der Waals surface area (Å²) in [6, 6.07) is -0.648. The van der Waals surface area contributed by atoms with E-state index in [0.29, 0.717) is 19.6 Å². The van der Waals surface area contributed by atoms with Crippen molar-refractivity contribution in [2.45, 2.75) is 25.4 Å². The number of likely N-dealkylation sites (tertiary alicyclic amines) is 1. The third-order valence-electron chi connectivity index (χ3n) is 3.65. The molecule has 0 unspecified atom stereocenters. The molecule has 1 rings (SSSR count). The third kappa shape index (κ3) is 5.36. The number of carbonyl (C=O) groups excluding carboxylic acids is 1. The van der Waals surface area contributed by atoms with Gasteiger partial charge in [-0.05, 0) is 19.3 Å². The van der Waals surface area contributed by atoms with Crippen LogP contribution in [-0.4, -0.2) is 61.5 Å². The van der Waals surface area contributed by atoms with Crippen molar-refractivity contribution in [2.75, 3.05) is 33.4 Å². The number of nitrogens with zero attached hydrogens (tertiary/aromatic N) is 1. The van der Waals surface area contributed by atoms with Crippen molar-refractivity contribution in [3.63, 3.8) is 0 Å². The van der Waals surface area contributed by atoms with E-state index in [1.54, 1.807) is 7.11 Å². The maximum absolute atomic E-state index is 12.8. The number of carboxylic acids is 1. The molecule has 0 aromatic carbocycles. The van der Waals surface area contributed by atoms with Gasteiger partial charge in [-0.2, -0.15) is 13.2 Å². The van der Waals surface area contributed by atoms with Crippen molar-refractivity contribution < 1.29 is 32.6 Å². The molecular weight excluding hydrogens is 305 g/mol. The highest BCUT2D eigenvalue weighted by Gasteiger charge is 2.53. The van der Waals surface area contributed by atoms with Crippen LogP contribution < -0.4 is 5.32 Å². The zero-order valence-electron chi connectivity index (χ0n) is 12.4. The van der Waals surface area contributed by atoms with Gasteiger partial charge in [-0.3, -0.25) is 4.79 Å². The molecule has 1 aliphatic heterocycles. The number of urea groups is 1. The summed E-state index contributed by atoms with van der Waals surface area (Å²) in [5, 5.41) is 11.4. The molecule has 0 spiro atoms. The van der Waals surface area contributed by atoms with Crippen LogP contribution >= 0.6 is 0 Å². The van der Waals surface area contributed by atoms with Gasteiger partial charge in [0.05, 0.1) is 11.8 Å². The molecule has 0 aromatic heterocycles. The zero-order chi connectivity index (χ0) is 16.8. The monoisotopic (exact) mass is 326 g/mol. The topological polar surface area (TPSA) is 78.9 Å². The Hall–Kier alpha value is -1.51. The van der Waals surface area contributed by atoms with Crippen LogP contribution in [0.5, 0.6) is 0 Å². The minimum atomic E-state index is -4.63. The van der Waals surface area contributed by atoms with Gasteiger partial charge in [0.2, 0.25) is 0 Å². The average Bonchev–Trinajstić information content (AvgIpc) is 2.88.